The quantitative estimate of drug-likeness (QED) is 0.263. The molecule has 1 rings (SSSR count). The Labute approximate surface area is 97.8 Å². The molecule has 1 unspecified atom stereocenters. The minimum atomic E-state index is -0.242. The smallest absolute Gasteiger partial charge is 0.333 e. The van der Waals surface area contributed by atoms with Crippen LogP contribution in [-0.2, 0) is 14.3 Å². The van der Waals surface area contributed by atoms with E-state index in [2.05, 4.69) is 6.58 Å². The Balaban J connectivity index is 1.83. The van der Waals surface area contributed by atoms with E-state index >= 15 is 0 Å². The van der Waals surface area contributed by atoms with Crippen LogP contribution >= 0.6 is 0 Å². The second kappa shape index (κ2) is 7.44. The molecule has 0 amide bonds. The van der Waals surface area contributed by atoms with Crippen LogP contribution in [0.5, 0.6) is 0 Å². The van der Waals surface area contributed by atoms with Crippen molar-refractivity contribution in [2.45, 2.75) is 51.6 Å². The Morgan fingerprint density at radius 2 is 2.06 bits per heavy atom. The number of carbonyl (C=O) groups excluding carboxylic acids is 1. The van der Waals surface area contributed by atoms with E-state index in [9.17, 15) is 4.79 Å². The third-order valence-corrected chi connectivity index (χ3v) is 2.77. The maximum atomic E-state index is 11.2. The summed E-state index contributed by atoms with van der Waals surface area (Å²) < 4.78 is 10.2. The molecule has 0 N–H and O–H groups in total. The summed E-state index contributed by atoms with van der Waals surface area (Å²) in [5.41, 5.74) is 0.561. The Morgan fingerprint density at radius 1 is 1.38 bits per heavy atom. The topological polar surface area (TPSA) is 38.8 Å². The van der Waals surface area contributed by atoms with E-state index in [-0.39, 0.29) is 5.97 Å². The average Bonchev–Trinajstić information content (AvgIpc) is 3.10. The van der Waals surface area contributed by atoms with Crippen LogP contribution in [-0.4, -0.2) is 25.3 Å². The van der Waals surface area contributed by atoms with E-state index in [0.29, 0.717) is 24.7 Å². The van der Waals surface area contributed by atoms with Gasteiger partial charge < -0.3 is 9.47 Å². The third-order valence-electron chi connectivity index (χ3n) is 2.77. The first-order chi connectivity index (χ1) is 7.74. The number of hydrogen-bond donors (Lipinski definition) is 0. The predicted molar refractivity (Wildman–Crippen MR) is 63.2 cm³/mol. The first-order valence-corrected chi connectivity index (χ1v) is 6.20. The second-order valence-electron chi connectivity index (χ2n) is 4.25. The van der Waals surface area contributed by atoms with Crippen molar-refractivity contribution in [3.8, 4) is 0 Å². The molecule has 1 atom stereocenters. The van der Waals surface area contributed by atoms with Gasteiger partial charge in [0.15, 0.2) is 0 Å². The predicted octanol–water partition coefficient (Wildman–Crippen LogP) is 2.85. The summed E-state index contributed by atoms with van der Waals surface area (Å²) in [5.74, 6) is -0.242. The van der Waals surface area contributed by atoms with Crippen molar-refractivity contribution in [1.29, 1.82) is 0 Å². The Kier molecular flexibility index (Phi) is 6.16. The summed E-state index contributed by atoms with van der Waals surface area (Å²) in [6, 6.07) is 0. The molecular formula is C13H22O3. The molecular weight excluding hydrogens is 204 g/mol. The number of esters is 1. The van der Waals surface area contributed by atoms with Crippen LogP contribution in [0.4, 0.5) is 0 Å². The zero-order valence-corrected chi connectivity index (χ0v) is 10.2. The van der Waals surface area contributed by atoms with Gasteiger partial charge in [0.2, 0.25) is 0 Å². The number of unbranched alkanes of at least 4 members (excludes halogenated alkanes) is 3. The van der Waals surface area contributed by atoms with E-state index in [4.69, 9.17) is 9.47 Å². The molecule has 0 aromatic carbocycles. The van der Waals surface area contributed by atoms with Crippen LogP contribution in [0.3, 0.4) is 0 Å². The number of epoxide rings is 1. The van der Waals surface area contributed by atoms with Crippen molar-refractivity contribution in [3.05, 3.63) is 12.2 Å². The average molecular weight is 226 g/mol. The highest BCUT2D eigenvalue weighted by Crippen LogP contribution is 2.17. The van der Waals surface area contributed by atoms with Crippen LogP contribution in [0.25, 0.3) is 0 Å². The monoisotopic (exact) mass is 226 g/mol. The van der Waals surface area contributed by atoms with Crippen molar-refractivity contribution in [3.63, 3.8) is 0 Å². The first kappa shape index (κ1) is 13.2. The van der Waals surface area contributed by atoms with E-state index in [1.807, 2.05) is 6.92 Å². The second-order valence-corrected chi connectivity index (χ2v) is 4.25. The van der Waals surface area contributed by atoms with Gasteiger partial charge in [-0.05, 0) is 19.3 Å². The molecule has 0 aliphatic carbocycles. The van der Waals surface area contributed by atoms with Gasteiger partial charge in [0.05, 0.1) is 19.3 Å². The van der Waals surface area contributed by atoms with E-state index < -0.39 is 0 Å². The maximum absolute atomic E-state index is 11.2. The zero-order chi connectivity index (χ0) is 11.8. The van der Waals surface area contributed by atoms with Crippen molar-refractivity contribution < 1.29 is 14.3 Å². The van der Waals surface area contributed by atoms with Crippen LogP contribution in [0.1, 0.15) is 45.4 Å². The fourth-order valence-electron chi connectivity index (χ4n) is 1.47. The van der Waals surface area contributed by atoms with Gasteiger partial charge in [-0.15, -0.1) is 0 Å². The largest absolute Gasteiger partial charge is 0.462 e. The molecule has 0 bridgehead atoms. The SMILES string of the molecule is C=C(CC)C(=O)OCCCCCCC1CO1. The van der Waals surface area contributed by atoms with Crippen LogP contribution in [0.2, 0.25) is 0 Å². The molecule has 1 heterocycles. The highest BCUT2D eigenvalue weighted by atomic mass is 16.6. The Hall–Kier alpha value is -0.830. The summed E-state index contributed by atoms with van der Waals surface area (Å²) in [6.45, 7) is 7.03. The molecule has 0 aromatic rings. The van der Waals surface area contributed by atoms with Gasteiger partial charge in [0.1, 0.15) is 0 Å². The number of hydrogen-bond acceptors (Lipinski definition) is 3. The number of ether oxygens (including phenoxy) is 2. The van der Waals surface area contributed by atoms with Crippen LogP contribution in [0, 0.1) is 0 Å². The van der Waals surface area contributed by atoms with Crippen LogP contribution in [0.15, 0.2) is 12.2 Å². The van der Waals surface area contributed by atoms with Crippen molar-refractivity contribution in [1.82, 2.24) is 0 Å². The van der Waals surface area contributed by atoms with E-state index in [0.717, 1.165) is 19.4 Å². The summed E-state index contributed by atoms with van der Waals surface area (Å²) >= 11 is 0. The molecule has 16 heavy (non-hydrogen) atoms. The molecule has 0 saturated carbocycles. The van der Waals surface area contributed by atoms with Gasteiger partial charge in [-0.25, -0.2) is 4.79 Å². The normalized spacial score (nSPS) is 18.2. The van der Waals surface area contributed by atoms with Gasteiger partial charge in [0.25, 0.3) is 0 Å². The molecule has 1 saturated heterocycles. The van der Waals surface area contributed by atoms with E-state index in [1.165, 1.54) is 19.3 Å². The molecule has 1 aliphatic rings. The fraction of sp³-hybridized carbons (Fsp3) is 0.769. The van der Waals surface area contributed by atoms with E-state index in [1.54, 1.807) is 0 Å². The molecule has 0 radical (unpaired) electrons. The minimum absolute atomic E-state index is 0.242. The van der Waals surface area contributed by atoms with Gasteiger partial charge >= 0.3 is 5.97 Å². The molecule has 1 fully saturated rings. The molecule has 0 aromatic heterocycles. The Bertz CT molecular complexity index is 231. The summed E-state index contributed by atoms with van der Waals surface area (Å²) in [6.07, 6.45) is 6.90. The van der Waals surface area contributed by atoms with Gasteiger partial charge in [0, 0.05) is 5.57 Å². The van der Waals surface area contributed by atoms with Crippen LogP contribution < -0.4 is 0 Å². The number of rotatable bonds is 9. The molecule has 1 aliphatic heterocycles. The number of carbonyl (C=O) groups is 1. The molecule has 3 heteroatoms. The molecule has 92 valence electrons. The zero-order valence-electron chi connectivity index (χ0n) is 10.2. The lowest BCUT2D eigenvalue weighted by Crippen LogP contribution is -2.07. The third kappa shape index (κ3) is 5.91. The summed E-state index contributed by atoms with van der Waals surface area (Å²) in [5, 5.41) is 0. The minimum Gasteiger partial charge on any atom is -0.462 e. The Morgan fingerprint density at radius 3 is 2.69 bits per heavy atom. The van der Waals surface area contributed by atoms with Crippen molar-refractivity contribution >= 4 is 5.97 Å². The van der Waals surface area contributed by atoms with Gasteiger partial charge in [-0.1, -0.05) is 32.8 Å². The lowest BCUT2D eigenvalue weighted by atomic mass is 10.1. The standard InChI is InChI=1S/C13H22O3/c1-3-11(2)13(14)15-9-7-5-4-6-8-12-10-16-12/h12H,2-10H2,1H3. The highest BCUT2D eigenvalue weighted by molar-refractivity contribution is 5.87. The maximum Gasteiger partial charge on any atom is 0.333 e. The van der Waals surface area contributed by atoms with Crippen molar-refractivity contribution in [2.24, 2.45) is 0 Å². The first-order valence-electron chi connectivity index (χ1n) is 6.20. The molecule has 0 spiro atoms. The summed E-state index contributed by atoms with van der Waals surface area (Å²) in [7, 11) is 0. The lowest BCUT2D eigenvalue weighted by molar-refractivity contribution is -0.139. The fourth-order valence-corrected chi connectivity index (χ4v) is 1.47. The summed E-state index contributed by atoms with van der Waals surface area (Å²) in [4.78, 5) is 11.2. The molecule has 3 nitrogen and oxygen atoms in total. The van der Waals surface area contributed by atoms with Gasteiger partial charge in [-0.3, -0.25) is 0 Å². The highest BCUT2D eigenvalue weighted by Gasteiger charge is 2.20. The van der Waals surface area contributed by atoms with Gasteiger partial charge in [-0.2, -0.15) is 0 Å². The lowest BCUT2D eigenvalue weighted by Gasteiger charge is -2.05. The van der Waals surface area contributed by atoms with Crippen molar-refractivity contribution in [2.75, 3.05) is 13.2 Å².